The molecule has 0 aliphatic carbocycles. The van der Waals surface area contributed by atoms with Crippen LogP contribution in [0.2, 0.25) is 0 Å². The second-order valence-corrected chi connectivity index (χ2v) is 5.78. The number of carbonyl (C=O) groups excluding carboxylic acids is 1. The molecule has 1 aliphatic rings. The van der Waals surface area contributed by atoms with Crippen LogP contribution >= 0.6 is 24.8 Å². The van der Waals surface area contributed by atoms with Gasteiger partial charge in [0.15, 0.2) is 0 Å². The molecule has 1 atom stereocenters. The molecule has 0 saturated carbocycles. The van der Waals surface area contributed by atoms with Crippen LogP contribution in [-0.4, -0.2) is 62.6 Å². The minimum atomic E-state index is -0.0943. The molecule has 3 rings (SSSR count). The highest BCUT2D eigenvalue weighted by atomic mass is 35.5. The molecule has 2 aromatic heterocycles. The summed E-state index contributed by atoms with van der Waals surface area (Å²) in [4.78, 5) is 24.7. The van der Waals surface area contributed by atoms with Crippen molar-refractivity contribution in [2.75, 3.05) is 31.1 Å². The number of aromatic nitrogens is 4. The maximum atomic E-state index is 12.1. The van der Waals surface area contributed by atoms with Crippen molar-refractivity contribution in [2.24, 2.45) is 5.73 Å². The fourth-order valence-corrected chi connectivity index (χ4v) is 2.73. The van der Waals surface area contributed by atoms with Crippen molar-refractivity contribution in [3.8, 4) is 0 Å². The molecule has 10 heteroatoms. The monoisotopic (exact) mass is 375 g/mol. The number of carbonyl (C=O) groups is 1. The number of halogens is 2. The lowest BCUT2D eigenvalue weighted by Gasteiger charge is -2.36. The van der Waals surface area contributed by atoms with Gasteiger partial charge in [-0.3, -0.25) is 4.79 Å². The Bertz CT molecular complexity index is 683. The lowest BCUT2D eigenvalue weighted by atomic mass is 10.2. The normalized spacial score (nSPS) is 15.6. The van der Waals surface area contributed by atoms with Crippen LogP contribution < -0.4 is 10.6 Å². The molecular weight excluding hydrogens is 353 g/mol. The van der Waals surface area contributed by atoms with Crippen molar-refractivity contribution in [1.82, 2.24) is 24.5 Å². The summed E-state index contributed by atoms with van der Waals surface area (Å²) < 4.78 is 1.74. The van der Waals surface area contributed by atoms with Gasteiger partial charge in [-0.2, -0.15) is 14.6 Å². The first-order valence-corrected chi connectivity index (χ1v) is 7.50. The standard InChI is InChI=1S/C14H21N7O.2ClH/c1-10(15)7-13(22)20-5-3-19(4-6-20)12-8-11(2)18-14-16-9-17-21(12)14;;/h8-10H,3-7,15H2,1-2H3;2*1H. The van der Waals surface area contributed by atoms with Gasteiger partial charge < -0.3 is 15.5 Å². The summed E-state index contributed by atoms with van der Waals surface area (Å²) in [7, 11) is 0. The number of anilines is 1. The average Bonchev–Trinajstić information content (AvgIpc) is 2.94. The van der Waals surface area contributed by atoms with E-state index in [4.69, 9.17) is 5.73 Å². The van der Waals surface area contributed by atoms with E-state index in [1.807, 2.05) is 24.8 Å². The largest absolute Gasteiger partial charge is 0.353 e. The van der Waals surface area contributed by atoms with Gasteiger partial charge in [0, 0.05) is 50.4 Å². The van der Waals surface area contributed by atoms with Crippen LogP contribution in [0.3, 0.4) is 0 Å². The van der Waals surface area contributed by atoms with Gasteiger partial charge in [-0.05, 0) is 13.8 Å². The summed E-state index contributed by atoms with van der Waals surface area (Å²) >= 11 is 0. The van der Waals surface area contributed by atoms with Crippen molar-refractivity contribution in [3.63, 3.8) is 0 Å². The third-order valence-corrected chi connectivity index (χ3v) is 3.81. The van der Waals surface area contributed by atoms with E-state index < -0.39 is 0 Å². The Morgan fingerprint density at radius 3 is 2.58 bits per heavy atom. The fourth-order valence-electron chi connectivity index (χ4n) is 2.73. The molecule has 0 bridgehead atoms. The number of fused-ring (bicyclic) bond motifs is 1. The van der Waals surface area contributed by atoms with Gasteiger partial charge in [-0.25, -0.2) is 4.98 Å². The Hall–Kier alpha value is -1.64. The van der Waals surface area contributed by atoms with Crippen molar-refractivity contribution in [1.29, 1.82) is 0 Å². The molecule has 1 fully saturated rings. The van der Waals surface area contributed by atoms with Gasteiger partial charge in [-0.1, -0.05) is 0 Å². The van der Waals surface area contributed by atoms with Crippen molar-refractivity contribution in [2.45, 2.75) is 26.3 Å². The van der Waals surface area contributed by atoms with Crippen molar-refractivity contribution < 1.29 is 4.79 Å². The predicted octanol–water partition coefficient (Wildman–Crippen LogP) is 0.662. The fraction of sp³-hybridized carbons (Fsp3) is 0.571. The number of piperazine rings is 1. The molecule has 2 aromatic rings. The zero-order valence-corrected chi connectivity index (χ0v) is 15.4. The van der Waals surface area contributed by atoms with Gasteiger partial charge in [-0.15, -0.1) is 24.8 Å². The maximum absolute atomic E-state index is 12.1. The first-order valence-electron chi connectivity index (χ1n) is 7.50. The Morgan fingerprint density at radius 2 is 1.96 bits per heavy atom. The van der Waals surface area contributed by atoms with Gasteiger partial charge in [0.2, 0.25) is 5.91 Å². The van der Waals surface area contributed by atoms with Gasteiger partial charge >= 0.3 is 0 Å². The van der Waals surface area contributed by atoms with Crippen LogP contribution in [0.1, 0.15) is 19.0 Å². The molecule has 0 spiro atoms. The van der Waals surface area contributed by atoms with E-state index in [0.29, 0.717) is 25.3 Å². The van der Waals surface area contributed by atoms with Crippen molar-refractivity contribution >= 4 is 42.3 Å². The molecule has 1 saturated heterocycles. The van der Waals surface area contributed by atoms with E-state index >= 15 is 0 Å². The second kappa shape index (κ2) is 8.46. The zero-order chi connectivity index (χ0) is 15.7. The Kier molecular flexibility index (Phi) is 7.19. The summed E-state index contributed by atoms with van der Waals surface area (Å²) in [6.45, 7) is 6.73. The molecule has 134 valence electrons. The quantitative estimate of drug-likeness (QED) is 0.846. The second-order valence-electron chi connectivity index (χ2n) is 5.78. The van der Waals surface area contributed by atoms with Gasteiger partial charge in [0.1, 0.15) is 12.1 Å². The molecule has 0 radical (unpaired) electrons. The average molecular weight is 376 g/mol. The van der Waals surface area contributed by atoms with Crippen LogP contribution in [-0.2, 0) is 4.79 Å². The van der Waals surface area contributed by atoms with Crippen LogP contribution in [0.4, 0.5) is 5.82 Å². The number of amides is 1. The van der Waals surface area contributed by atoms with E-state index in [9.17, 15) is 4.79 Å². The number of nitrogens with zero attached hydrogens (tertiary/aromatic N) is 6. The molecule has 8 nitrogen and oxygen atoms in total. The maximum Gasteiger partial charge on any atom is 0.254 e. The van der Waals surface area contributed by atoms with Crippen LogP contribution in [0.5, 0.6) is 0 Å². The highest BCUT2D eigenvalue weighted by Crippen LogP contribution is 2.18. The Labute approximate surface area is 153 Å². The van der Waals surface area contributed by atoms with Gasteiger partial charge in [0.05, 0.1) is 0 Å². The number of rotatable bonds is 3. The molecule has 3 heterocycles. The molecule has 1 unspecified atom stereocenters. The van der Waals surface area contributed by atoms with Crippen LogP contribution in [0.25, 0.3) is 5.78 Å². The summed E-state index contributed by atoms with van der Waals surface area (Å²) in [5.41, 5.74) is 6.61. The molecular formula is C14H23Cl2N7O. The third-order valence-electron chi connectivity index (χ3n) is 3.81. The van der Waals surface area contributed by atoms with E-state index in [0.717, 1.165) is 24.6 Å². The van der Waals surface area contributed by atoms with E-state index in [1.54, 1.807) is 4.52 Å². The number of nitrogens with two attached hydrogens (primary N) is 1. The summed E-state index contributed by atoms with van der Waals surface area (Å²) in [6, 6.07) is 1.91. The van der Waals surface area contributed by atoms with E-state index in [2.05, 4.69) is 20.0 Å². The smallest absolute Gasteiger partial charge is 0.254 e. The van der Waals surface area contributed by atoms with Crippen molar-refractivity contribution in [3.05, 3.63) is 18.1 Å². The summed E-state index contributed by atoms with van der Waals surface area (Å²) in [6.07, 6.45) is 1.91. The molecule has 1 aliphatic heterocycles. The minimum absolute atomic E-state index is 0. The molecule has 1 amide bonds. The summed E-state index contributed by atoms with van der Waals surface area (Å²) in [5.74, 6) is 1.70. The first-order chi connectivity index (χ1) is 10.5. The molecule has 0 aromatic carbocycles. The Morgan fingerprint density at radius 1 is 1.29 bits per heavy atom. The third kappa shape index (κ3) is 4.25. The number of hydrogen-bond donors (Lipinski definition) is 1. The predicted molar refractivity (Wildman–Crippen MR) is 97.1 cm³/mol. The van der Waals surface area contributed by atoms with E-state index in [-0.39, 0.29) is 36.8 Å². The highest BCUT2D eigenvalue weighted by Gasteiger charge is 2.23. The van der Waals surface area contributed by atoms with E-state index in [1.165, 1.54) is 6.33 Å². The van der Waals surface area contributed by atoms with Gasteiger partial charge in [0.25, 0.3) is 5.78 Å². The number of hydrogen-bond acceptors (Lipinski definition) is 6. The minimum Gasteiger partial charge on any atom is -0.353 e. The highest BCUT2D eigenvalue weighted by molar-refractivity contribution is 5.85. The first kappa shape index (κ1) is 20.4. The lowest BCUT2D eigenvalue weighted by Crippen LogP contribution is -2.50. The molecule has 24 heavy (non-hydrogen) atoms. The molecule has 2 N–H and O–H groups in total. The SMILES string of the molecule is Cc1cc(N2CCN(C(=O)CC(C)N)CC2)n2ncnc2n1.Cl.Cl. The zero-order valence-electron chi connectivity index (χ0n) is 13.8. The topological polar surface area (TPSA) is 92.7 Å². The Balaban J connectivity index is 0.00000144. The lowest BCUT2D eigenvalue weighted by molar-refractivity contribution is -0.131. The van der Waals surface area contributed by atoms with Crippen LogP contribution in [0.15, 0.2) is 12.4 Å². The van der Waals surface area contributed by atoms with Crippen LogP contribution in [0, 0.1) is 6.92 Å². The summed E-state index contributed by atoms with van der Waals surface area (Å²) in [5, 5.41) is 4.23. The number of aryl methyl sites for hydroxylation is 1.